The van der Waals surface area contributed by atoms with Crippen molar-refractivity contribution in [2.24, 2.45) is 0 Å². The van der Waals surface area contributed by atoms with Crippen molar-refractivity contribution in [3.63, 3.8) is 0 Å². The highest BCUT2D eigenvalue weighted by Gasteiger charge is 2.15. The Labute approximate surface area is 147 Å². The maximum Gasteiger partial charge on any atom is 0.220 e. The van der Waals surface area contributed by atoms with Gasteiger partial charge in [0.25, 0.3) is 0 Å². The monoisotopic (exact) mass is 342 g/mol. The maximum absolute atomic E-state index is 13.3. The summed E-state index contributed by atoms with van der Waals surface area (Å²) in [4.78, 5) is 12.2. The number of aromatic nitrogens is 2. The van der Waals surface area contributed by atoms with Gasteiger partial charge in [0.1, 0.15) is 5.82 Å². The lowest BCUT2D eigenvalue weighted by atomic mass is 10.1. The smallest absolute Gasteiger partial charge is 0.220 e. The van der Waals surface area contributed by atoms with Gasteiger partial charge in [0.2, 0.25) is 5.91 Å². The van der Waals surface area contributed by atoms with E-state index in [0.29, 0.717) is 25.8 Å². The third-order valence-electron chi connectivity index (χ3n) is 4.29. The van der Waals surface area contributed by atoms with E-state index in [1.807, 2.05) is 25.5 Å². The topological polar surface area (TPSA) is 70.7 Å². The molecule has 0 bridgehead atoms. The lowest BCUT2D eigenvalue weighted by molar-refractivity contribution is -0.121. The molecular formula is C19H23FN4O. The van der Waals surface area contributed by atoms with E-state index in [0.717, 1.165) is 22.5 Å². The van der Waals surface area contributed by atoms with Crippen molar-refractivity contribution in [1.82, 2.24) is 15.1 Å². The van der Waals surface area contributed by atoms with Crippen LogP contribution in [0.3, 0.4) is 0 Å². The van der Waals surface area contributed by atoms with Crippen molar-refractivity contribution in [3.8, 4) is 6.07 Å². The standard InChI is InChI=1S/C19H23FN4O/c1-13(16-6-4-7-17(20)12-16)22-19(25)9-8-18-14(2)23-24(15(18)3)11-5-10-21/h4,6-7,12-13H,5,8-9,11H2,1-3H3,(H,22,25). The summed E-state index contributed by atoms with van der Waals surface area (Å²) in [7, 11) is 0. The van der Waals surface area contributed by atoms with Crippen LogP contribution in [0.5, 0.6) is 0 Å². The molecule has 1 N–H and O–H groups in total. The number of hydrogen-bond donors (Lipinski definition) is 1. The molecule has 0 aliphatic heterocycles. The summed E-state index contributed by atoms with van der Waals surface area (Å²) in [5.41, 5.74) is 3.68. The highest BCUT2D eigenvalue weighted by molar-refractivity contribution is 5.76. The minimum atomic E-state index is -0.311. The van der Waals surface area contributed by atoms with Gasteiger partial charge in [-0.3, -0.25) is 9.48 Å². The van der Waals surface area contributed by atoms with E-state index in [1.165, 1.54) is 12.1 Å². The van der Waals surface area contributed by atoms with Gasteiger partial charge in [-0.1, -0.05) is 12.1 Å². The highest BCUT2D eigenvalue weighted by atomic mass is 19.1. The number of aryl methyl sites for hydroxylation is 2. The normalized spacial score (nSPS) is 11.8. The van der Waals surface area contributed by atoms with E-state index in [9.17, 15) is 9.18 Å². The second-order valence-electron chi connectivity index (χ2n) is 6.12. The summed E-state index contributed by atoms with van der Waals surface area (Å²) < 4.78 is 15.1. The Morgan fingerprint density at radius 3 is 2.88 bits per heavy atom. The number of carbonyl (C=O) groups is 1. The average Bonchev–Trinajstić information content (AvgIpc) is 2.84. The quantitative estimate of drug-likeness (QED) is 0.839. The number of halogens is 1. The zero-order chi connectivity index (χ0) is 18.4. The van der Waals surface area contributed by atoms with Gasteiger partial charge < -0.3 is 5.32 Å². The Kier molecular flexibility index (Phi) is 6.29. The zero-order valence-electron chi connectivity index (χ0n) is 14.8. The molecule has 0 saturated carbocycles. The highest BCUT2D eigenvalue weighted by Crippen LogP contribution is 2.17. The van der Waals surface area contributed by atoms with Gasteiger partial charge in [0, 0.05) is 12.1 Å². The minimum absolute atomic E-state index is 0.0830. The summed E-state index contributed by atoms with van der Waals surface area (Å²) in [6.07, 6.45) is 1.34. The molecule has 0 fully saturated rings. The molecule has 0 spiro atoms. The number of nitriles is 1. The number of benzene rings is 1. The Bertz CT molecular complexity index is 791. The first kappa shape index (κ1) is 18.7. The predicted molar refractivity (Wildman–Crippen MR) is 93.2 cm³/mol. The fraction of sp³-hybridized carbons (Fsp3) is 0.421. The largest absolute Gasteiger partial charge is 0.350 e. The molecule has 5 nitrogen and oxygen atoms in total. The number of nitrogens with zero attached hydrogens (tertiary/aromatic N) is 3. The second kappa shape index (κ2) is 8.43. The molecule has 0 aliphatic rings. The molecule has 25 heavy (non-hydrogen) atoms. The van der Waals surface area contributed by atoms with Gasteiger partial charge in [-0.05, 0) is 50.5 Å². The van der Waals surface area contributed by atoms with Crippen LogP contribution in [0.1, 0.15) is 48.3 Å². The van der Waals surface area contributed by atoms with Crippen LogP contribution in [0.2, 0.25) is 0 Å². The number of hydrogen-bond acceptors (Lipinski definition) is 3. The molecule has 0 radical (unpaired) electrons. The molecule has 1 aromatic heterocycles. The van der Waals surface area contributed by atoms with Crippen molar-refractivity contribution in [2.45, 2.75) is 52.6 Å². The van der Waals surface area contributed by atoms with E-state index in [4.69, 9.17) is 5.26 Å². The van der Waals surface area contributed by atoms with Gasteiger partial charge >= 0.3 is 0 Å². The fourth-order valence-corrected chi connectivity index (χ4v) is 2.88. The molecule has 132 valence electrons. The second-order valence-corrected chi connectivity index (χ2v) is 6.12. The molecule has 6 heteroatoms. The Morgan fingerprint density at radius 2 is 2.20 bits per heavy atom. The summed E-state index contributed by atoms with van der Waals surface area (Å²) >= 11 is 0. The number of amides is 1. The summed E-state index contributed by atoms with van der Waals surface area (Å²) in [6.45, 7) is 6.27. The van der Waals surface area contributed by atoms with Crippen LogP contribution in [-0.4, -0.2) is 15.7 Å². The predicted octanol–water partition coefficient (Wildman–Crippen LogP) is 3.36. The van der Waals surface area contributed by atoms with E-state index < -0.39 is 0 Å². The first-order chi connectivity index (χ1) is 11.9. The summed E-state index contributed by atoms with van der Waals surface area (Å²) in [6, 6.07) is 8.10. The van der Waals surface area contributed by atoms with E-state index in [-0.39, 0.29) is 17.8 Å². The third-order valence-corrected chi connectivity index (χ3v) is 4.29. The minimum Gasteiger partial charge on any atom is -0.350 e. The van der Waals surface area contributed by atoms with Crippen molar-refractivity contribution >= 4 is 5.91 Å². The first-order valence-electron chi connectivity index (χ1n) is 8.37. The molecule has 0 saturated heterocycles. The average molecular weight is 342 g/mol. The van der Waals surface area contributed by atoms with Crippen LogP contribution in [-0.2, 0) is 17.8 Å². The molecule has 2 aromatic rings. The third kappa shape index (κ3) is 4.90. The van der Waals surface area contributed by atoms with Gasteiger partial charge in [0.15, 0.2) is 0 Å². The number of nitrogens with one attached hydrogen (secondary N) is 1. The van der Waals surface area contributed by atoms with Crippen molar-refractivity contribution in [3.05, 3.63) is 52.6 Å². The van der Waals surface area contributed by atoms with E-state index in [2.05, 4.69) is 16.5 Å². The van der Waals surface area contributed by atoms with Crippen LogP contribution in [0.25, 0.3) is 0 Å². The molecular weight excluding hydrogens is 319 g/mol. The Hall–Kier alpha value is -2.68. The number of rotatable bonds is 7. The number of carbonyl (C=O) groups excluding carboxylic acids is 1. The SMILES string of the molecule is Cc1nn(CCC#N)c(C)c1CCC(=O)NC(C)c1cccc(F)c1. The van der Waals surface area contributed by atoms with Crippen LogP contribution in [0.15, 0.2) is 24.3 Å². The van der Waals surface area contributed by atoms with Crippen molar-refractivity contribution in [2.75, 3.05) is 0 Å². The first-order valence-corrected chi connectivity index (χ1v) is 8.37. The molecule has 1 heterocycles. The molecule has 2 rings (SSSR count). The lowest BCUT2D eigenvalue weighted by Gasteiger charge is -2.14. The molecule has 1 amide bonds. The summed E-state index contributed by atoms with van der Waals surface area (Å²) in [5, 5.41) is 16.0. The molecule has 1 aromatic carbocycles. The van der Waals surface area contributed by atoms with Crippen molar-refractivity contribution in [1.29, 1.82) is 5.26 Å². The van der Waals surface area contributed by atoms with Gasteiger partial charge in [-0.25, -0.2) is 4.39 Å². The fourth-order valence-electron chi connectivity index (χ4n) is 2.88. The van der Waals surface area contributed by atoms with Crippen LogP contribution in [0, 0.1) is 31.0 Å². The van der Waals surface area contributed by atoms with Crippen LogP contribution in [0.4, 0.5) is 4.39 Å². The van der Waals surface area contributed by atoms with Crippen LogP contribution >= 0.6 is 0 Å². The van der Waals surface area contributed by atoms with E-state index in [1.54, 1.807) is 12.1 Å². The van der Waals surface area contributed by atoms with Gasteiger partial charge in [-0.15, -0.1) is 0 Å². The van der Waals surface area contributed by atoms with E-state index >= 15 is 0 Å². The Morgan fingerprint density at radius 1 is 1.44 bits per heavy atom. The molecule has 1 unspecified atom stereocenters. The lowest BCUT2D eigenvalue weighted by Crippen LogP contribution is -2.27. The van der Waals surface area contributed by atoms with Gasteiger partial charge in [-0.2, -0.15) is 10.4 Å². The zero-order valence-corrected chi connectivity index (χ0v) is 14.8. The Balaban J connectivity index is 1.94. The van der Waals surface area contributed by atoms with Gasteiger partial charge in [0.05, 0.1) is 30.8 Å². The van der Waals surface area contributed by atoms with Crippen molar-refractivity contribution < 1.29 is 9.18 Å². The summed E-state index contributed by atoms with van der Waals surface area (Å²) in [5.74, 6) is -0.394. The molecule has 1 atom stereocenters. The van der Waals surface area contributed by atoms with Crippen LogP contribution < -0.4 is 5.32 Å². The molecule has 0 aliphatic carbocycles. The maximum atomic E-state index is 13.3.